The highest BCUT2D eigenvalue weighted by atomic mass is 32.2. The van der Waals surface area contributed by atoms with Crippen LogP contribution in [-0.4, -0.2) is 31.6 Å². The van der Waals surface area contributed by atoms with Crippen LogP contribution in [0.3, 0.4) is 0 Å². The molecule has 0 N–H and O–H groups in total. The van der Waals surface area contributed by atoms with Crippen molar-refractivity contribution in [3.63, 3.8) is 0 Å². The lowest BCUT2D eigenvalue weighted by molar-refractivity contribution is -0.400. The van der Waals surface area contributed by atoms with Crippen molar-refractivity contribution in [3.05, 3.63) is 34.0 Å². The topological polar surface area (TPSA) is 61.6 Å². The molecule has 1 aromatic carbocycles. The number of unbranched alkanes of at least 4 members (excludes halogenated alkanes) is 1. The van der Waals surface area contributed by atoms with Gasteiger partial charge in [0.05, 0.1) is 30.7 Å². The summed E-state index contributed by atoms with van der Waals surface area (Å²) < 4.78 is 22.7. The number of hydrogen-bond donors (Lipinski definition) is 0. The van der Waals surface area contributed by atoms with Crippen LogP contribution in [-0.2, 0) is 0 Å². The van der Waals surface area contributed by atoms with Crippen LogP contribution in [0.1, 0.15) is 18.4 Å². The number of rotatable bonds is 9. The second kappa shape index (κ2) is 9.23. The number of thioether (sulfide) groups is 1. The van der Waals surface area contributed by atoms with Crippen LogP contribution in [0.5, 0.6) is 11.5 Å². The molecule has 7 heteroatoms. The molecule has 1 rings (SSSR count). The normalized spacial score (nSPS) is 10.8. The molecule has 0 saturated carbocycles. The van der Waals surface area contributed by atoms with Crippen LogP contribution in [0.4, 0.5) is 4.39 Å². The monoisotopic (exact) mass is 315 g/mol. The molecule has 0 fully saturated rings. The second-order valence-electron chi connectivity index (χ2n) is 4.10. The number of hydrogen-bond acceptors (Lipinski definition) is 5. The maximum absolute atomic E-state index is 12.1. The smallest absolute Gasteiger partial charge is 0.235 e. The highest BCUT2D eigenvalue weighted by molar-refractivity contribution is 7.99. The molecule has 0 unspecified atom stereocenters. The van der Waals surface area contributed by atoms with Crippen molar-refractivity contribution in [3.8, 4) is 11.5 Å². The SMILES string of the molecule is COc1cc(C=C[N+](=O)[O-])cc(OC)c1SCCCCF. The Balaban J connectivity index is 2.98. The summed E-state index contributed by atoms with van der Waals surface area (Å²) in [6.45, 7) is -0.320. The fourth-order valence-electron chi connectivity index (χ4n) is 1.66. The van der Waals surface area contributed by atoms with Crippen molar-refractivity contribution >= 4 is 17.8 Å². The van der Waals surface area contributed by atoms with Gasteiger partial charge in [-0.3, -0.25) is 14.5 Å². The van der Waals surface area contributed by atoms with Gasteiger partial charge >= 0.3 is 0 Å². The summed E-state index contributed by atoms with van der Waals surface area (Å²) in [7, 11) is 3.06. The van der Waals surface area contributed by atoms with Gasteiger partial charge in [-0.05, 0) is 36.3 Å². The van der Waals surface area contributed by atoms with Gasteiger partial charge in [-0.15, -0.1) is 11.8 Å². The van der Waals surface area contributed by atoms with E-state index < -0.39 is 4.92 Å². The third-order valence-corrected chi connectivity index (χ3v) is 3.83. The average molecular weight is 315 g/mol. The highest BCUT2D eigenvalue weighted by Gasteiger charge is 2.12. The van der Waals surface area contributed by atoms with Crippen molar-refractivity contribution in [2.75, 3.05) is 26.6 Å². The maximum Gasteiger partial charge on any atom is 0.235 e. The summed E-state index contributed by atoms with van der Waals surface area (Å²) in [4.78, 5) is 10.7. The lowest BCUT2D eigenvalue weighted by Gasteiger charge is -2.13. The molecule has 0 radical (unpaired) electrons. The predicted octanol–water partition coefficient (Wildman–Crippen LogP) is 3.79. The fourth-order valence-corrected chi connectivity index (χ4v) is 2.78. The van der Waals surface area contributed by atoms with E-state index in [0.717, 1.165) is 23.3 Å². The van der Waals surface area contributed by atoms with Crippen LogP contribution >= 0.6 is 11.8 Å². The van der Waals surface area contributed by atoms with E-state index in [1.807, 2.05) is 0 Å². The van der Waals surface area contributed by atoms with Crippen molar-refractivity contribution in [1.82, 2.24) is 0 Å². The van der Waals surface area contributed by atoms with Gasteiger partial charge in [0.2, 0.25) is 6.20 Å². The molecule has 0 aliphatic heterocycles. The minimum absolute atomic E-state index is 0.320. The summed E-state index contributed by atoms with van der Waals surface area (Å²) >= 11 is 1.52. The molecular formula is C14H18FNO4S. The molecule has 0 spiro atoms. The number of halogens is 1. The molecule has 5 nitrogen and oxygen atoms in total. The number of benzene rings is 1. The number of ether oxygens (including phenoxy) is 2. The zero-order valence-corrected chi connectivity index (χ0v) is 12.8. The van der Waals surface area contributed by atoms with Gasteiger partial charge in [-0.2, -0.15) is 0 Å². The summed E-state index contributed by atoms with van der Waals surface area (Å²) in [5.74, 6) is 1.92. The van der Waals surface area contributed by atoms with Gasteiger partial charge in [0.15, 0.2) is 0 Å². The highest BCUT2D eigenvalue weighted by Crippen LogP contribution is 2.39. The fraction of sp³-hybridized carbons (Fsp3) is 0.429. The first kappa shape index (κ1) is 17.3. The molecule has 0 atom stereocenters. The Morgan fingerprint density at radius 1 is 1.29 bits per heavy atom. The number of nitro groups is 1. The summed E-state index contributed by atoms with van der Waals surface area (Å²) in [5, 5.41) is 10.4. The molecule has 0 amide bonds. The Labute approximate surface area is 127 Å². The molecule has 0 aliphatic carbocycles. The first-order valence-corrected chi connectivity index (χ1v) is 7.37. The third kappa shape index (κ3) is 5.63. The third-order valence-electron chi connectivity index (χ3n) is 2.65. The number of methoxy groups -OCH3 is 2. The van der Waals surface area contributed by atoms with Crippen molar-refractivity contribution in [2.24, 2.45) is 0 Å². The minimum atomic E-state index is -0.529. The lowest BCUT2D eigenvalue weighted by Crippen LogP contribution is -1.94. The summed E-state index contributed by atoms with van der Waals surface area (Å²) in [6, 6.07) is 3.42. The largest absolute Gasteiger partial charge is 0.495 e. The Hall–Kier alpha value is -1.76. The predicted molar refractivity (Wildman–Crippen MR) is 81.5 cm³/mol. The van der Waals surface area contributed by atoms with E-state index in [9.17, 15) is 14.5 Å². The molecule has 1 aromatic rings. The molecule has 0 aliphatic rings. The molecule has 21 heavy (non-hydrogen) atoms. The zero-order valence-electron chi connectivity index (χ0n) is 12.0. The van der Waals surface area contributed by atoms with E-state index in [4.69, 9.17) is 9.47 Å². The van der Waals surface area contributed by atoms with Gasteiger partial charge in [0, 0.05) is 6.08 Å². The second-order valence-corrected chi connectivity index (χ2v) is 5.21. The van der Waals surface area contributed by atoms with Crippen molar-refractivity contribution in [1.29, 1.82) is 0 Å². The summed E-state index contributed by atoms with van der Waals surface area (Å²) in [5.41, 5.74) is 0.619. The van der Waals surface area contributed by atoms with E-state index in [-0.39, 0.29) is 6.67 Å². The Morgan fingerprint density at radius 3 is 2.38 bits per heavy atom. The molecule has 0 bridgehead atoms. The Kier molecular flexibility index (Phi) is 7.60. The van der Waals surface area contributed by atoms with E-state index in [0.29, 0.717) is 23.5 Å². The lowest BCUT2D eigenvalue weighted by atomic mass is 10.2. The Morgan fingerprint density at radius 2 is 1.90 bits per heavy atom. The van der Waals surface area contributed by atoms with Gasteiger partial charge in [-0.25, -0.2) is 0 Å². The summed E-state index contributed by atoms with van der Waals surface area (Å²) in [6.07, 6.45) is 3.53. The standard InChI is InChI=1S/C14H18FNO4S/c1-19-12-9-11(5-7-16(17)18)10-13(20-2)14(12)21-8-4-3-6-15/h5,7,9-10H,3-4,6,8H2,1-2H3. The average Bonchev–Trinajstić information content (AvgIpc) is 2.49. The number of alkyl halides is 1. The van der Waals surface area contributed by atoms with E-state index >= 15 is 0 Å². The molecule has 0 aromatic heterocycles. The quantitative estimate of drug-likeness (QED) is 0.300. The van der Waals surface area contributed by atoms with Crippen LogP contribution < -0.4 is 9.47 Å². The zero-order chi connectivity index (χ0) is 15.7. The van der Waals surface area contributed by atoms with Crippen LogP contribution in [0, 0.1) is 10.1 Å². The van der Waals surface area contributed by atoms with E-state index in [1.54, 1.807) is 12.1 Å². The van der Waals surface area contributed by atoms with E-state index in [2.05, 4.69) is 0 Å². The molecule has 0 heterocycles. The molecule has 116 valence electrons. The minimum Gasteiger partial charge on any atom is -0.495 e. The molecule has 0 saturated heterocycles. The van der Waals surface area contributed by atoms with E-state index in [1.165, 1.54) is 32.1 Å². The van der Waals surface area contributed by atoms with Crippen LogP contribution in [0.15, 0.2) is 23.2 Å². The first-order valence-electron chi connectivity index (χ1n) is 6.38. The van der Waals surface area contributed by atoms with Crippen molar-refractivity contribution < 1.29 is 18.8 Å². The van der Waals surface area contributed by atoms with Gasteiger partial charge in [0.1, 0.15) is 11.5 Å². The first-order chi connectivity index (χ1) is 10.1. The van der Waals surface area contributed by atoms with Crippen molar-refractivity contribution in [2.45, 2.75) is 17.7 Å². The van der Waals surface area contributed by atoms with Gasteiger partial charge in [0.25, 0.3) is 0 Å². The molecular weight excluding hydrogens is 297 g/mol. The van der Waals surface area contributed by atoms with Crippen LogP contribution in [0.25, 0.3) is 6.08 Å². The van der Waals surface area contributed by atoms with Crippen LogP contribution in [0.2, 0.25) is 0 Å². The Bertz CT molecular complexity index is 483. The van der Waals surface area contributed by atoms with Gasteiger partial charge < -0.3 is 9.47 Å². The number of nitrogens with zero attached hydrogens (tertiary/aromatic N) is 1. The maximum atomic E-state index is 12.1. The van der Waals surface area contributed by atoms with Gasteiger partial charge in [-0.1, -0.05) is 0 Å².